The fourth-order valence-electron chi connectivity index (χ4n) is 3.47. The highest BCUT2D eigenvalue weighted by Gasteiger charge is 2.34. The summed E-state index contributed by atoms with van der Waals surface area (Å²) in [7, 11) is 0. The second-order valence-corrected chi connectivity index (χ2v) is 7.74. The minimum Gasteiger partial charge on any atom is -0.454 e. The van der Waals surface area contributed by atoms with Gasteiger partial charge in [-0.05, 0) is 42.0 Å². The van der Waals surface area contributed by atoms with Crippen molar-refractivity contribution in [2.24, 2.45) is 0 Å². The largest absolute Gasteiger partial charge is 0.454 e. The number of benzene rings is 2. The van der Waals surface area contributed by atoms with Crippen molar-refractivity contribution in [2.75, 3.05) is 13.3 Å². The molecule has 2 aliphatic heterocycles. The highest BCUT2D eigenvalue weighted by atomic mass is 79.9. The van der Waals surface area contributed by atoms with Gasteiger partial charge in [0.05, 0.1) is 5.92 Å². The Morgan fingerprint density at radius 1 is 1.11 bits per heavy atom. The predicted molar refractivity (Wildman–Crippen MR) is 103 cm³/mol. The van der Waals surface area contributed by atoms with Crippen molar-refractivity contribution in [1.29, 1.82) is 0 Å². The molecule has 3 aromatic rings. The van der Waals surface area contributed by atoms with Crippen molar-refractivity contribution >= 4 is 21.8 Å². The van der Waals surface area contributed by atoms with Gasteiger partial charge in [0.25, 0.3) is 0 Å². The number of rotatable bonds is 4. The summed E-state index contributed by atoms with van der Waals surface area (Å²) in [5, 5.41) is 4.07. The zero-order valence-electron chi connectivity index (χ0n) is 14.8. The number of hydrogen-bond donors (Lipinski definition) is 0. The number of hydrogen-bond acceptors (Lipinski definition) is 6. The van der Waals surface area contributed by atoms with Crippen LogP contribution in [0.1, 0.15) is 23.8 Å². The molecule has 5 rings (SSSR count). The molecule has 1 unspecified atom stereocenters. The van der Waals surface area contributed by atoms with Gasteiger partial charge >= 0.3 is 0 Å². The van der Waals surface area contributed by atoms with Gasteiger partial charge in [-0.25, -0.2) is 0 Å². The minimum atomic E-state index is -0.0989. The summed E-state index contributed by atoms with van der Waals surface area (Å²) in [5.41, 5.74) is 1.87. The Morgan fingerprint density at radius 2 is 1.93 bits per heavy atom. The molecule has 0 bridgehead atoms. The maximum Gasteiger partial charge on any atom is 0.232 e. The molecule has 0 radical (unpaired) electrons. The molecule has 142 valence electrons. The molecule has 2 aliphatic rings. The van der Waals surface area contributed by atoms with Crippen LogP contribution in [0.3, 0.4) is 0 Å². The van der Waals surface area contributed by atoms with E-state index in [4.69, 9.17) is 14.0 Å². The molecular formula is C20H16BrN3O4. The smallest absolute Gasteiger partial charge is 0.232 e. The monoisotopic (exact) mass is 441 g/mol. The highest BCUT2D eigenvalue weighted by Crippen LogP contribution is 2.34. The Kier molecular flexibility index (Phi) is 4.27. The van der Waals surface area contributed by atoms with Crippen LogP contribution in [0.2, 0.25) is 0 Å². The average Bonchev–Trinajstić information content (AvgIpc) is 3.42. The SMILES string of the molecule is O=C1CC(c2nc(-c3ccc(Br)cc3)no2)CN1Cc1ccc2c(c1)OCO2. The van der Waals surface area contributed by atoms with Crippen molar-refractivity contribution in [3.05, 3.63) is 58.4 Å². The van der Waals surface area contributed by atoms with Gasteiger partial charge in [0, 0.05) is 29.5 Å². The van der Waals surface area contributed by atoms with Gasteiger partial charge in [-0.3, -0.25) is 4.79 Å². The summed E-state index contributed by atoms with van der Waals surface area (Å²) in [6.45, 7) is 1.30. The molecule has 1 fully saturated rings. The van der Waals surface area contributed by atoms with E-state index in [9.17, 15) is 4.79 Å². The average molecular weight is 442 g/mol. The Hall–Kier alpha value is -2.87. The number of carbonyl (C=O) groups is 1. The van der Waals surface area contributed by atoms with Gasteiger partial charge in [-0.15, -0.1) is 0 Å². The van der Waals surface area contributed by atoms with Gasteiger partial charge in [-0.2, -0.15) is 4.98 Å². The molecule has 28 heavy (non-hydrogen) atoms. The van der Waals surface area contributed by atoms with Gasteiger partial charge in [-0.1, -0.05) is 27.2 Å². The molecule has 0 spiro atoms. The van der Waals surface area contributed by atoms with Crippen LogP contribution in [0.25, 0.3) is 11.4 Å². The van der Waals surface area contributed by atoms with Crippen LogP contribution in [-0.2, 0) is 11.3 Å². The number of carbonyl (C=O) groups excluding carboxylic acids is 1. The van der Waals surface area contributed by atoms with E-state index in [2.05, 4.69) is 26.1 Å². The lowest BCUT2D eigenvalue weighted by Crippen LogP contribution is -2.24. The van der Waals surface area contributed by atoms with Gasteiger partial charge in [0.2, 0.25) is 24.4 Å². The number of halogens is 1. The number of nitrogens with zero attached hydrogens (tertiary/aromatic N) is 3. The maximum absolute atomic E-state index is 12.5. The Morgan fingerprint density at radius 3 is 2.79 bits per heavy atom. The van der Waals surface area contributed by atoms with Crippen molar-refractivity contribution in [3.63, 3.8) is 0 Å². The molecule has 1 saturated heterocycles. The number of likely N-dealkylation sites (tertiary alicyclic amines) is 1. The fourth-order valence-corrected chi connectivity index (χ4v) is 3.73. The highest BCUT2D eigenvalue weighted by molar-refractivity contribution is 9.10. The molecule has 1 amide bonds. The minimum absolute atomic E-state index is 0.0751. The van der Waals surface area contributed by atoms with Crippen LogP contribution < -0.4 is 9.47 Å². The van der Waals surface area contributed by atoms with Crippen LogP contribution in [-0.4, -0.2) is 34.3 Å². The van der Waals surface area contributed by atoms with E-state index in [-0.39, 0.29) is 18.6 Å². The van der Waals surface area contributed by atoms with Crippen molar-refractivity contribution in [1.82, 2.24) is 15.0 Å². The van der Waals surface area contributed by atoms with E-state index in [1.807, 2.05) is 47.4 Å². The molecule has 2 aromatic carbocycles. The summed E-state index contributed by atoms with van der Waals surface area (Å²) in [4.78, 5) is 18.8. The Balaban J connectivity index is 1.29. The van der Waals surface area contributed by atoms with Gasteiger partial charge < -0.3 is 18.9 Å². The molecule has 1 atom stereocenters. The molecular weight excluding hydrogens is 426 g/mol. The van der Waals surface area contributed by atoms with Crippen LogP contribution in [0, 0.1) is 0 Å². The van der Waals surface area contributed by atoms with Crippen LogP contribution in [0.4, 0.5) is 0 Å². The summed E-state index contributed by atoms with van der Waals surface area (Å²) in [6.07, 6.45) is 0.368. The second kappa shape index (κ2) is 6.94. The van der Waals surface area contributed by atoms with E-state index < -0.39 is 0 Å². The first-order valence-electron chi connectivity index (χ1n) is 8.91. The van der Waals surface area contributed by atoms with Crippen LogP contribution >= 0.6 is 15.9 Å². The Labute approximate surface area is 169 Å². The maximum atomic E-state index is 12.5. The molecule has 7 nitrogen and oxygen atoms in total. The van der Waals surface area contributed by atoms with E-state index in [1.54, 1.807) is 0 Å². The molecule has 0 saturated carbocycles. The first-order valence-corrected chi connectivity index (χ1v) is 9.71. The number of fused-ring (bicyclic) bond motifs is 1. The van der Waals surface area contributed by atoms with Gasteiger partial charge in [0.1, 0.15) is 0 Å². The lowest BCUT2D eigenvalue weighted by Gasteiger charge is -2.16. The third-order valence-corrected chi connectivity index (χ3v) is 5.45. The van der Waals surface area contributed by atoms with Crippen molar-refractivity contribution in [3.8, 4) is 22.9 Å². The summed E-state index contributed by atoms with van der Waals surface area (Å²) in [6, 6.07) is 13.4. The summed E-state index contributed by atoms with van der Waals surface area (Å²) >= 11 is 3.41. The lowest BCUT2D eigenvalue weighted by molar-refractivity contribution is -0.128. The van der Waals surface area contributed by atoms with Crippen molar-refractivity contribution in [2.45, 2.75) is 18.9 Å². The number of aromatic nitrogens is 2. The van der Waals surface area contributed by atoms with E-state index in [0.717, 1.165) is 27.1 Å². The molecule has 0 aliphatic carbocycles. The molecule has 3 heterocycles. The van der Waals surface area contributed by atoms with Crippen LogP contribution in [0.15, 0.2) is 51.5 Å². The first-order chi connectivity index (χ1) is 13.7. The topological polar surface area (TPSA) is 77.7 Å². The summed E-state index contributed by atoms with van der Waals surface area (Å²) in [5.74, 6) is 2.46. The van der Waals surface area contributed by atoms with Crippen LogP contribution in [0.5, 0.6) is 11.5 Å². The zero-order valence-corrected chi connectivity index (χ0v) is 16.4. The summed E-state index contributed by atoms with van der Waals surface area (Å²) < 4.78 is 17.2. The third kappa shape index (κ3) is 3.24. The molecule has 8 heteroatoms. The second-order valence-electron chi connectivity index (χ2n) is 6.83. The van der Waals surface area contributed by atoms with E-state index in [1.165, 1.54) is 0 Å². The number of amides is 1. The van der Waals surface area contributed by atoms with Crippen molar-refractivity contribution < 1.29 is 18.8 Å². The molecule has 0 N–H and O–H groups in total. The number of ether oxygens (including phenoxy) is 2. The first kappa shape index (κ1) is 17.2. The zero-order chi connectivity index (χ0) is 19.1. The normalized spacial score (nSPS) is 18.1. The van der Waals surface area contributed by atoms with E-state index >= 15 is 0 Å². The fraction of sp³-hybridized carbons (Fsp3) is 0.250. The van der Waals surface area contributed by atoms with E-state index in [0.29, 0.717) is 31.2 Å². The standard InChI is InChI=1S/C20H16BrN3O4/c21-15-4-2-13(3-5-15)19-22-20(28-23-19)14-8-18(25)24(10-14)9-12-1-6-16-17(7-12)27-11-26-16/h1-7,14H,8-11H2. The molecule has 1 aromatic heterocycles. The quantitative estimate of drug-likeness (QED) is 0.613. The third-order valence-electron chi connectivity index (χ3n) is 4.92. The Bertz CT molecular complexity index is 1030. The predicted octanol–water partition coefficient (Wildman–Crippen LogP) is 3.74. The lowest BCUT2D eigenvalue weighted by atomic mass is 10.1. The van der Waals surface area contributed by atoms with Gasteiger partial charge in [0.15, 0.2) is 11.5 Å².